The van der Waals surface area contributed by atoms with Crippen LogP contribution in [0.4, 0.5) is 4.39 Å². The van der Waals surface area contributed by atoms with Crippen LogP contribution in [0.3, 0.4) is 0 Å². The maximum Gasteiger partial charge on any atom is 0.247 e. The first kappa shape index (κ1) is 19.8. The number of hydrogen-bond acceptors (Lipinski definition) is 6. The lowest BCUT2D eigenvalue weighted by Gasteiger charge is -2.08. The molecule has 0 aliphatic carbocycles. The Bertz CT molecular complexity index is 1490. The number of nitrogens with zero attached hydrogens (tertiary/aromatic N) is 6. The van der Waals surface area contributed by atoms with Crippen molar-refractivity contribution >= 4 is 11.6 Å². The number of hydrogen-bond donors (Lipinski definition) is 0. The first-order valence-corrected chi connectivity index (χ1v) is 10.5. The number of ether oxygens (including phenoxy) is 1. The number of imidazole rings is 1. The molecule has 6 rings (SSSR count). The largest absolute Gasteiger partial charge is 0.443 e. The Balaban J connectivity index is 1.51. The molecule has 0 radical (unpaired) electrons. The molecule has 0 spiro atoms. The molecular formula is C23H16ClFN6O2. The molecule has 0 fully saturated rings. The minimum Gasteiger partial charge on any atom is -0.443 e. The third-order valence-electron chi connectivity index (χ3n) is 5.58. The summed E-state index contributed by atoms with van der Waals surface area (Å²) >= 11 is 6.31. The van der Waals surface area contributed by atoms with Crippen LogP contribution in [-0.2, 0) is 17.9 Å². The molecule has 0 N–H and O–H groups in total. The van der Waals surface area contributed by atoms with E-state index in [4.69, 9.17) is 20.8 Å². The van der Waals surface area contributed by atoms with Crippen LogP contribution in [0.15, 0.2) is 59.5 Å². The summed E-state index contributed by atoms with van der Waals surface area (Å²) in [5, 5.41) is 9.31. The zero-order valence-corrected chi connectivity index (χ0v) is 18.1. The molecular weight excluding hydrogens is 447 g/mol. The van der Waals surface area contributed by atoms with Gasteiger partial charge in [-0.05, 0) is 42.5 Å². The molecule has 8 nitrogen and oxygen atoms in total. The maximum atomic E-state index is 13.3. The van der Waals surface area contributed by atoms with Crippen molar-refractivity contribution in [2.24, 2.45) is 0 Å². The number of aromatic nitrogens is 6. The van der Waals surface area contributed by atoms with E-state index in [1.165, 1.54) is 12.1 Å². The molecule has 33 heavy (non-hydrogen) atoms. The van der Waals surface area contributed by atoms with Gasteiger partial charge in [-0.1, -0.05) is 11.6 Å². The van der Waals surface area contributed by atoms with Gasteiger partial charge in [0, 0.05) is 23.3 Å². The summed E-state index contributed by atoms with van der Waals surface area (Å²) < 4.78 is 28.4. The molecule has 0 amide bonds. The lowest BCUT2D eigenvalue weighted by molar-refractivity contribution is 0.174. The van der Waals surface area contributed by atoms with Crippen molar-refractivity contribution in [1.82, 2.24) is 29.3 Å². The van der Waals surface area contributed by atoms with Gasteiger partial charge in [0.15, 0.2) is 11.6 Å². The Morgan fingerprint density at radius 1 is 1.15 bits per heavy atom. The number of methoxy groups -OCH3 is 1. The fraction of sp³-hybridized carbons (Fsp3) is 0.130. The van der Waals surface area contributed by atoms with E-state index in [1.54, 1.807) is 31.8 Å². The van der Waals surface area contributed by atoms with E-state index < -0.39 is 0 Å². The molecule has 10 heteroatoms. The van der Waals surface area contributed by atoms with Crippen molar-refractivity contribution < 1.29 is 13.5 Å². The average Bonchev–Trinajstić information content (AvgIpc) is 3.53. The van der Waals surface area contributed by atoms with Crippen LogP contribution in [0.25, 0.3) is 39.9 Å². The molecule has 3 aromatic heterocycles. The highest BCUT2D eigenvalue weighted by Crippen LogP contribution is 2.36. The molecule has 2 aromatic carbocycles. The van der Waals surface area contributed by atoms with Crippen LogP contribution < -0.4 is 0 Å². The second kappa shape index (κ2) is 7.65. The van der Waals surface area contributed by atoms with Crippen molar-refractivity contribution in [3.63, 3.8) is 0 Å². The fourth-order valence-electron chi connectivity index (χ4n) is 4.03. The molecule has 0 atom stereocenters. The lowest BCUT2D eigenvalue weighted by Crippen LogP contribution is -2.09. The van der Waals surface area contributed by atoms with Crippen molar-refractivity contribution in [3.8, 4) is 39.9 Å². The van der Waals surface area contributed by atoms with Gasteiger partial charge in [-0.2, -0.15) is 0 Å². The molecule has 1 aliphatic rings. The summed E-state index contributed by atoms with van der Waals surface area (Å²) in [6.45, 7) is 0.733. The van der Waals surface area contributed by atoms with E-state index in [0.717, 1.165) is 22.5 Å². The van der Waals surface area contributed by atoms with Gasteiger partial charge in [0.25, 0.3) is 0 Å². The first-order chi connectivity index (χ1) is 16.1. The van der Waals surface area contributed by atoms with E-state index in [1.807, 2.05) is 27.3 Å². The SMILES string of the molecule is COCc1nnc2n1Cc1c(-c3nc(-c4ccc(F)cc4)co3)ncn1-c1ccc(Cl)cc1-2. The van der Waals surface area contributed by atoms with Crippen molar-refractivity contribution in [2.45, 2.75) is 13.2 Å². The lowest BCUT2D eigenvalue weighted by atomic mass is 10.1. The highest BCUT2D eigenvalue weighted by atomic mass is 35.5. The molecule has 164 valence electrons. The van der Waals surface area contributed by atoms with Crippen LogP contribution in [0.1, 0.15) is 11.5 Å². The summed E-state index contributed by atoms with van der Waals surface area (Å²) in [5.74, 6) is 1.42. The Morgan fingerprint density at radius 2 is 2.00 bits per heavy atom. The summed E-state index contributed by atoms with van der Waals surface area (Å²) in [5.41, 5.74) is 4.49. The van der Waals surface area contributed by atoms with Gasteiger partial charge >= 0.3 is 0 Å². The second-order valence-electron chi connectivity index (χ2n) is 7.58. The van der Waals surface area contributed by atoms with Gasteiger partial charge < -0.3 is 13.7 Å². The first-order valence-electron chi connectivity index (χ1n) is 10.1. The van der Waals surface area contributed by atoms with Crippen molar-refractivity contribution in [3.05, 3.63) is 77.4 Å². The standard InChI is InChI=1S/C23H16ClFN6O2/c1-32-11-20-28-29-22-16-8-14(24)4-7-18(16)31-12-26-21(19(31)9-30(20)22)23-27-17(10-33-23)13-2-5-15(25)6-3-13/h2-8,10,12H,9,11H2,1H3. The van der Waals surface area contributed by atoms with Crippen LogP contribution in [-0.4, -0.2) is 36.4 Å². The average molecular weight is 463 g/mol. The number of rotatable bonds is 4. The molecule has 0 bridgehead atoms. The number of oxazole rings is 1. The minimum atomic E-state index is -0.308. The van der Waals surface area contributed by atoms with Gasteiger partial charge in [0.2, 0.25) is 5.89 Å². The van der Waals surface area contributed by atoms with Gasteiger partial charge in [0.05, 0.1) is 17.9 Å². The van der Waals surface area contributed by atoms with Gasteiger partial charge in [-0.15, -0.1) is 10.2 Å². The van der Waals surface area contributed by atoms with Gasteiger partial charge in [-0.25, -0.2) is 14.4 Å². The Morgan fingerprint density at radius 3 is 2.82 bits per heavy atom. The zero-order chi connectivity index (χ0) is 22.5. The Hall–Kier alpha value is -3.82. The van der Waals surface area contributed by atoms with Crippen molar-refractivity contribution in [2.75, 3.05) is 7.11 Å². The maximum absolute atomic E-state index is 13.3. The quantitative estimate of drug-likeness (QED) is 0.376. The normalized spacial score (nSPS) is 12.2. The van der Waals surface area contributed by atoms with Crippen molar-refractivity contribution in [1.29, 1.82) is 0 Å². The summed E-state index contributed by atoms with van der Waals surface area (Å²) in [6, 6.07) is 11.7. The fourth-order valence-corrected chi connectivity index (χ4v) is 4.20. The third-order valence-corrected chi connectivity index (χ3v) is 5.82. The Kier molecular flexibility index (Phi) is 4.60. The van der Waals surface area contributed by atoms with E-state index in [2.05, 4.69) is 20.2 Å². The molecule has 0 saturated heterocycles. The third kappa shape index (κ3) is 3.24. The topological polar surface area (TPSA) is 83.8 Å². The summed E-state index contributed by atoms with van der Waals surface area (Å²) in [7, 11) is 1.61. The number of fused-ring (bicyclic) bond motifs is 5. The molecule has 0 unspecified atom stereocenters. The highest BCUT2D eigenvalue weighted by Gasteiger charge is 2.28. The van der Waals surface area contributed by atoms with Gasteiger partial charge in [-0.3, -0.25) is 4.57 Å². The second-order valence-corrected chi connectivity index (χ2v) is 8.01. The van der Waals surface area contributed by atoms with E-state index in [0.29, 0.717) is 47.1 Å². The van der Waals surface area contributed by atoms with E-state index in [9.17, 15) is 4.39 Å². The van der Waals surface area contributed by atoms with E-state index in [-0.39, 0.29) is 5.82 Å². The molecule has 1 aliphatic heterocycles. The predicted molar refractivity (Wildman–Crippen MR) is 118 cm³/mol. The minimum absolute atomic E-state index is 0.306. The van der Waals surface area contributed by atoms with Crippen LogP contribution in [0.2, 0.25) is 5.02 Å². The predicted octanol–water partition coefficient (Wildman–Crippen LogP) is 4.75. The number of benzene rings is 2. The highest BCUT2D eigenvalue weighted by molar-refractivity contribution is 6.31. The van der Waals surface area contributed by atoms with Gasteiger partial charge in [0.1, 0.15) is 36.4 Å². The van der Waals surface area contributed by atoms with Crippen LogP contribution >= 0.6 is 11.6 Å². The zero-order valence-electron chi connectivity index (χ0n) is 17.4. The summed E-state index contributed by atoms with van der Waals surface area (Å²) in [6.07, 6.45) is 3.27. The number of halogens is 2. The monoisotopic (exact) mass is 462 g/mol. The molecule has 4 heterocycles. The summed E-state index contributed by atoms with van der Waals surface area (Å²) in [4.78, 5) is 9.23. The van der Waals surface area contributed by atoms with Crippen LogP contribution in [0, 0.1) is 5.82 Å². The molecule has 5 aromatic rings. The van der Waals surface area contributed by atoms with E-state index >= 15 is 0 Å². The molecule has 0 saturated carbocycles. The smallest absolute Gasteiger partial charge is 0.247 e. The Labute approximate surface area is 192 Å². The van der Waals surface area contributed by atoms with Crippen LogP contribution in [0.5, 0.6) is 0 Å².